The Hall–Kier alpha value is -2.32. The van der Waals surface area contributed by atoms with Gasteiger partial charge < -0.3 is 19.3 Å². The Labute approximate surface area is 244 Å². The van der Waals surface area contributed by atoms with Gasteiger partial charge in [-0.05, 0) is 75.4 Å². The Kier molecular flexibility index (Phi) is 8.51. The van der Waals surface area contributed by atoms with Gasteiger partial charge in [0.25, 0.3) is 0 Å². The lowest BCUT2D eigenvalue weighted by atomic mass is 9.69. The molecule has 222 valence electrons. The van der Waals surface area contributed by atoms with Crippen LogP contribution in [0, 0.1) is 24.2 Å². The van der Waals surface area contributed by atoms with Crippen LogP contribution in [-0.2, 0) is 27.3 Å². The van der Waals surface area contributed by atoms with Crippen molar-refractivity contribution in [2.75, 3.05) is 39.8 Å². The van der Waals surface area contributed by atoms with Crippen molar-refractivity contribution in [3.8, 4) is 6.07 Å². The summed E-state index contributed by atoms with van der Waals surface area (Å²) < 4.78 is 13.2. The minimum absolute atomic E-state index is 0.0902. The van der Waals surface area contributed by atoms with E-state index >= 15 is 0 Å². The van der Waals surface area contributed by atoms with Gasteiger partial charge in [0.1, 0.15) is 0 Å². The van der Waals surface area contributed by atoms with E-state index in [0.29, 0.717) is 44.7 Å². The molecular weight excluding hydrogens is 516 g/mol. The second kappa shape index (κ2) is 12.1. The van der Waals surface area contributed by atoms with Gasteiger partial charge in [0.2, 0.25) is 5.91 Å². The lowest BCUT2D eigenvalue weighted by Gasteiger charge is -2.56. The molecule has 2 N–H and O–H groups in total. The van der Waals surface area contributed by atoms with Crippen LogP contribution in [0.2, 0.25) is 0 Å². The molecule has 3 saturated heterocycles. The fourth-order valence-corrected chi connectivity index (χ4v) is 8.10. The number of fused-ring (bicyclic) bond motifs is 2. The van der Waals surface area contributed by atoms with Crippen molar-refractivity contribution in [1.29, 1.82) is 5.26 Å². The third kappa shape index (κ3) is 5.83. The molecule has 0 aromatic heterocycles. The zero-order valence-electron chi connectivity index (χ0n) is 24.7. The van der Waals surface area contributed by atoms with Crippen molar-refractivity contribution in [2.45, 2.75) is 94.7 Å². The minimum Gasteiger partial charge on any atom is -0.370 e. The lowest BCUT2D eigenvalue weighted by Crippen LogP contribution is -2.73. The highest BCUT2D eigenvalue weighted by Crippen LogP contribution is 2.44. The van der Waals surface area contributed by atoms with Crippen LogP contribution in [-0.4, -0.2) is 96.7 Å². The normalized spacial score (nSPS) is 36.0. The Morgan fingerprint density at radius 1 is 1.27 bits per heavy atom. The number of likely N-dealkylation sites (N-methyl/N-ethyl adjacent to an activating group) is 1. The van der Waals surface area contributed by atoms with Crippen molar-refractivity contribution in [1.82, 2.24) is 25.3 Å². The van der Waals surface area contributed by atoms with E-state index in [-0.39, 0.29) is 36.1 Å². The van der Waals surface area contributed by atoms with E-state index in [9.17, 15) is 10.1 Å². The maximum Gasteiger partial charge on any atom is 0.246 e. The van der Waals surface area contributed by atoms with Crippen LogP contribution in [0.3, 0.4) is 0 Å². The summed E-state index contributed by atoms with van der Waals surface area (Å²) in [5, 5.41) is 17.2. The van der Waals surface area contributed by atoms with E-state index in [4.69, 9.17) is 9.47 Å². The molecule has 0 bridgehead atoms. The van der Waals surface area contributed by atoms with Crippen molar-refractivity contribution >= 4 is 5.91 Å². The molecular formula is C32H46N6O3. The quantitative estimate of drug-likeness (QED) is 0.511. The molecule has 4 aliphatic heterocycles. The molecule has 1 saturated carbocycles. The number of piperazine rings is 1. The topological polar surface area (TPSA) is 93.1 Å². The van der Waals surface area contributed by atoms with E-state index < -0.39 is 0 Å². The molecule has 1 aromatic carbocycles. The molecule has 1 spiro atoms. The molecule has 41 heavy (non-hydrogen) atoms. The van der Waals surface area contributed by atoms with Crippen LogP contribution in [0.1, 0.15) is 55.2 Å². The summed E-state index contributed by atoms with van der Waals surface area (Å²) in [6.45, 7) is 10.4. The fourth-order valence-electron chi connectivity index (χ4n) is 8.10. The predicted octanol–water partition coefficient (Wildman–Crippen LogP) is 2.50. The van der Waals surface area contributed by atoms with E-state index in [0.717, 1.165) is 38.8 Å². The second-order valence-electron chi connectivity index (χ2n) is 12.9. The summed E-state index contributed by atoms with van der Waals surface area (Å²) in [5.41, 5.74) is 3.98. The van der Waals surface area contributed by atoms with Crippen LogP contribution in [0.4, 0.5) is 0 Å². The number of carbonyl (C=O) groups excluding carboxylic acids is 1. The van der Waals surface area contributed by atoms with Gasteiger partial charge in [-0.25, -0.2) is 0 Å². The Bertz CT molecular complexity index is 1170. The highest BCUT2D eigenvalue weighted by Gasteiger charge is 2.51. The van der Waals surface area contributed by atoms with Gasteiger partial charge in [0, 0.05) is 44.1 Å². The summed E-state index contributed by atoms with van der Waals surface area (Å²) in [6, 6.07) is 9.42. The highest BCUT2D eigenvalue weighted by molar-refractivity contribution is 5.87. The standard InChI is InChI=1S/C32H46N6O3/c1-4-29(39)38-16-15-37(19-24(38)11-13-33)30-26-10-12-32(17-27-22(2)7-5-8-23(27)20-41-32)18-28(26)34-31(35-30)40-21-25-9-6-14-36(25)3/h4-5,7-8,24-26,28,30-31,34-35H,1,6,9-12,14-21H2,2-3H3/t24?,25?,26?,28?,30?,31?,32-/m0/s1. The molecule has 1 amide bonds. The second-order valence-corrected chi connectivity index (χ2v) is 12.9. The van der Waals surface area contributed by atoms with Crippen LogP contribution in [0.15, 0.2) is 30.9 Å². The van der Waals surface area contributed by atoms with Gasteiger partial charge in [0.05, 0.1) is 43.5 Å². The average molecular weight is 563 g/mol. The molecule has 9 nitrogen and oxygen atoms in total. The van der Waals surface area contributed by atoms with Gasteiger partial charge in [-0.3, -0.25) is 20.3 Å². The summed E-state index contributed by atoms with van der Waals surface area (Å²) >= 11 is 0. The molecule has 7 atom stereocenters. The van der Waals surface area contributed by atoms with Gasteiger partial charge in [0.15, 0.2) is 6.35 Å². The predicted molar refractivity (Wildman–Crippen MR) is 156 cm³/mol. The van der Waals surface area contributed by atoms with Crippen molar-refractivity contribution in [2.24, 2.45) is 5.92 Å². The first-order valence-electron chi connectivity index (χ1n) is 15.5. The molecule has 6 unspecified atom stereocenters. The number of nitrogens with one attached hydrogen (secondary N) is 2. The summed E-state index contributed by atoms with van der Waals surface area (Å²) in [6.07, 6.45) is 7.90. The number of aryl methyl sites for hydroxylation is 1. The Morgan fingerprint density at radius 3 is 2.93 bits per heavy atom. The summed E-state index contributed by atoms with van der Waals surface area (Å²) in [5.74, 6) is 0.286. The number of nitriles is 1. The van der Waals surface area contributed by atoms with E-state index in [1.165, 1.54) is 35.6 Å². The third-order valence-corrected chi connectivity index (χ3v) is 10.5. The first kappa shape index (κ1) is 28.8. The average Bonchev–Trinajstić information content (AvgIpc) is 3.40. The van der Waals surface area contributed by atoms with E-state index in [1.807, 2.05) is 4.90 Å². The van der Waals surface area contributed by atoms with E-state index in [2.05, 4.69) is 65.3 Å². The molecule has 6 rings (SSSR count). The molecule has 4 heterocycles. The van der Waals surface area contributed by atoms with Gasteiger partial charge >= 0.3 is 0 Å². The zero-order chi connectivity index (χ0) is 28.6. The number of likely N-dealkylation sites (tertiary alicyclic amines) is 1. The summed E-state index contributed by atoms with van der Waals surface area (Å²) in [7, 11) is 2.19. The maximum atomic E-state index is 12.6. The van der Waals surface area contributed by atoms with Gasteiger partial charge in [-0.1, -0.05) is 24.8 Å². The van der Waals surface area contributed by atoms with Crippen LogP contribution in [0.5, 0.6) is 0 Å². The van der Waals surface area contributed by atoms with Gasteiger partial charge in [-0.15, -0.1) is 0 Å². The minimum atomic E-state index is -0.259. The number of amides is 1. The first-order valence-corrected chi connectivity index (χ1v) is 15.5. The van der Waals surface area contributed by atoms with Gasteiger partial charge in [-0.2, -0.15) is 5.26 Å². The number of benzene rings is 1. The fraction of sp³-hybridized carbons (Fsp3) is 0.688. The first-order chi connectivity index (χ1) is 19.9. The largest absolute Gasteiger partial charge is 0.370 e. The number of hydrogen-bond acceptors (Lipinski definition) is 8. The zero-order valence-corrected chi connectivity index (χ0v) is 24.7. The number of nitrogens with zero attached hydrogens (tertiary/aromatic N) is 4. The van der Waals surface area contributed by atoms with Crippen molar-refractivity contribution in [3.05, 3.63) is 47.5 Å². The Morgan fingerprint density at radius 2 is 2.15 bits per heavy atom. The maximum absolute atomic E-state index is 12.6. The monoisotopic (exact) mass is 562 g/mol. The number of rotatable bonds is 6. The highest BCUT2D eigenvalue weighted by atomic mass is 16.5. The number of ether oxygens (including phenoxy) is 2. The van der Waals surface area contributed by atoms with Crippen LogP contribution >= 0.6 is 0 Å². The molecule has 5 aliphatic rings. The SMILES string of the molecule is C=CC(=O)N1CCN(C2NC(OCC3CCCN3C)NC3C[C@]4(CCC32)Cc2c(C)cccc2CO4)CC1CC#N. The van der Waals surface area contributed by atoms with Crippen LogP contribution < -0.4 is 10.6 Å². The number of carbonyl (C=O) groups is 1. The molecule has 4 fully saturated rings. The molecule has 9 heteroatoms. The van der Waals surface area contributed by atoms with Crippen molar-refractivity contribution < 1.29 is 14.3 Å². The molecule has 1 aromatic rings. The Balaban J connectivity index is 1.21. The smallest absolute Gasteiger partial charge is 0.246 e. The lowest BCUT2D eigenvalue weighted by molar-refractivity contribution is -0.153. The molecule has 1 aliphatic carbocycles. The van der Waals surface area contributed by atoms with Crippen molar-refractivity contribution in [3.63, 3.8) is 0 Å². The van der Waals surface area contributed by atoms with Crippen LogP contribution in [0.25, 0.3) is 0 Å². The third-order valence-electron chi connectivity index (χ3n) is 10.5. The number of hydrogen-bond donors (Lipinski definition) is 2. The van der Waals surface area contributed by atoms with E-state index in [1.54, 1.807) is 0 Å². The summed E-state index contributed by atoms with van der Waals surface area (Å²) in [4.78, 5) is 19.2. The molecule has 0 radical (unpaired) electrons.